The van der Waals surface area contributed by atoms with E-state index in [1.165, 1.54) is 13.2 Å². The molecule has 0 bridgehead atoms. The number of fused-ring (bicyclic) bond motifs is 1. The van der Waals surface area contributed by atoms with Gasteiger partial charge in [0.2, 0.25) is 0 Å². The van der Waals surface area contributed by atoms with E-state index >= 15 is 0 Å². The Morgan fingerprint density at radius 1 is 1.21 bits per heavy atom. The molecule has 3 aromatic rings. The van der Waals surface area contributed by atoms with Crippen LogP contribution in [-0.4, -0.2) is 13.0 Å². The summed E-state index contributed by atoms with van der Waals surface area (Å²) in [6.07, 6.45) is 0. The summed E-state index contributed by atoms with van der Waals surface area (Å²) < 4.78 is 10.2. The number of halogens is 1. The first-order valence-corrected chi connectivity index (χ1v) is 7.59. The van der Waals surface area contributed by atoms with Crippen molar-refractivity contribution in [3.8, 4) is 5.75 Å². The molecule has 1 amide bonds. The van der Waals surface area contributed by atoms with Crippen LogP contribution < -0.4 is 15.7 Å². The topological polar surface area (TPSA) is 68.5 Å². The molecule has 5 nitrogen and oxygen atoms in total. The number of nitrogens with one attached hydrogen (secondary N) is 1. The molecule has 3 rings (SSSR count). The van der Waals surface area contributed by atoms with Crippen molar-refractivity contribution >= 4 is 28.5 Å². The number of hydrogen-bond donors (Lipinski definition) is 1. The summed E-state index contributed by atoms with van der Waals surface area (Å²) in [5.74, 6) is 0.181. The number of carbonyl (C=O) groups excluding carboxylic acids is 1. The highest BCUT2D eigenvalue weighted by Crippen LogP contribution is 2.22. The first-order valence-electron chi connectivity index (χ1n) is 7.21. The Morgan fingerprint density at radius 2 is 2.04 bits per heavy atom. The van der Waals surface area contributed by atoms with Crippen LogP contribution in [0.4, 0.5) is 0 Å². The number of carbonyl (C=O) groups is 1. The highest BCUT2D eigenvalue weighted by molar-refractivity contribution is 6.30. The maximum Gasteiger partial charge on any atom is 0.337 e. The molecule has 0 saturated heterocycles. The van der Waals surface area contributed by atoms with E-state index in [1.54, 1.807) is 30.3 Å². The number of ether oxygens (including phenoxy) is 1. The summed E-state index contributed by atoms with van der Waals surface area (Å²) in [4.78, 5) is 24.2. The third-order valence-corrected chi connectivity index (χ3v) is 3.77. The third kappa shape index (κ3) is 3.41. The van der Waals surface area contributed by atoms with Crippen LogP contribution in [-0.2, 0) is 6.54 Å². The number of rotatable bonds is 4. The van der Waals surface area contributed by atoms with E-state index in [9.17, 15) is 9.59 Å². The molecular formula is C18H14ClNO4. The minimum absolute atomic E-state index is 0.255. The van der Waals surface area contributed by atoms with Crippen LogP contribution in [0.2, 0.25) is 5.02 Å². The van der Waals surface area contributed by atoms with Crippen molar-refractivity contribution in [3.63, 3.8) is 0 Å². The minimum Gasteiger partial charge on any atom is -0.497 e. The first-order chi connectivity index (χ1) is 11.6. The summed E-state index contributed by atoms with van der Waals surface area (Å²) in [7, 11) is 1.51. The van der Waals surface area contributed by atoms with Gasteiger partial charge in [-0.15, -0.1) is 0 Å². The van der Waals surface area contributed by atoms with Crippen molar-refractivity contribution in [1.29, 1.82) is 0 Å². The van der Waals surface area contributed by atoms with Gasteiger partial charge in [-0.05, 0) is 29.8 Å². The smallest absolute Gasteiger partial charge is 0.337 e. The Kier molecular flexibility index (Phi) is 4.53. The molecule has 0 spiro atoms. The maximum absolute atomic E-state index is 12.5. The van der Waals surface area contributed by atoms with Gasteiger partial charge in [0, 0.05) is 29.1 Å². The van der Waals surface area contributed by atoms with Crippen LogP contribution >= 0.6 is 11.6 Å². The molecule has 0 aliphatic heterocycles. The second-order valence-electron chi connectivity index (χ2n) is 5.15. The molecule has 1 aromatic heterocycles. The van der Waals surface area contributed by atoms with Crippen molar-refractivity contribution in [2.24, 2.45) is 0 Å². The van der Waals surface area contributed by atoms with Gasteiger partial charge in [0.1, 0.15) is 11.3 Å². The molecular weight excluding hydrogens is 330 g/mol. The molecule has 0 aliphatic rings. The highest BCUT2D eigenvalue weighted by atomic mass is 35.5. The monoisotopic (exact) mass is 343 g/mol. The standard InChI is InChI=1S/C18H14ClNO4/c1-23-13-5-6-14-15(9-17(21)24-16(14)8-13)18(22)20-10-11-3-2-4-12(19)7-11/h2-9H,10H2,1H3,(H,20,22). The summed E-state index contributed by atoms with van der Waals surface area (Å²) in [5, 5.41) is 3.92. The van der Waals surface area contributed by atoms with Gasteiger partial charge in [-0.1, -0.05) is 23.7 Å². The van der Waals surface area contributed by atoms with Crippen LogP contribution in [0.15, 0.2) is 57.7 Å². The van der Waals surface area contributed by atoms with Gasteiger partial charge in [0.05, 0.1) is 12.7 Å². The summed E-state index contributed by atoms with van der Waals surface area (Å²) in [6, 6.07) is 13.3. The van der Waals surface area contributed by atoms with Gasteiger partial charge in [0.25, 0.3) is 5.91 Å². The summed E-state index contributed by atoms with van der Waals surface area (Å²) in [5.41, 5.74) is 0.828. The average molecular weight is 344 g/mol. The maximum atomic E-state index is 12.5. The van der Waals surface area contributed by atoms with Gasteiger partial charge in [0.15, 0.2) is 0 Å². The number of hydrogen-bond acceptors (Lipinski definition) is 4. The number of amides is 1. The van der Waals surface area contributed by atoms with Crippen molar-refractivity contribution in [3.05, 3.63) is 75.1 Å². The largest absolute Gasteiger partial charge is 0.497 e. The molecule has 2 aromatic carbocycles. The molecule has 0 saturated carbocycles. The Hall–Kier alpha value is -2.79. The lowest BCUT2D eigenvalue weighted by Crippen LogP contribution is -2.24. The van der Waals surface area contributed by atoms with Gasteiger partial charge >= 0.3 is 5.63 Å². The molecule has 0 unspecified atom stereocenters. The molecule has 0 aliphatic carbocycles. The lowest BCUT2D eigenvalue weighted by Gasteiger charge is -2.08. The zero-order chi connectivity index (χ0) is 17.1. The molecule has 6 heteroatoms. The Bertz CT molecular complexity index is 965. The molecule has 0 atom stereocenters. The number of methoxy groups -OCH3 is 1. The van der Waals surface area contributed by atoms with E-state index in [2.05, 4.69) is 5.32 Å². The summed E-state index contributed by atoms with van der Waals surface area (Å²) >= 11 is 5.93. The average Bonchev–Trinajstić information content (AvgIpc) is 2.58. The Labute approximate surface area is 142 Å². The molecule has 1 heterocycles. The van der Waals surface area contributed by atoms with E-state index in [4.69, 9.17) is 20.8 Å². The van der Waals surface area contributed by atoms with Crippen LogP contribution in [0.25, 0.3) is 11.0 Å². The lowest BCUT2D eigenvalue weighted by atomic mass is 10.1. The zero-order valence-corrected chi connectivity index (χ0v) is 13.6. The zero-order valence-electron chi connectivity index (χ0n) is 12.8. The SMILES string of the molecule is COc1ccc2c(C(=O)NCc3cccc(Cl)c3)cc(=O)oc2c1. The number of benzene rings is 2. The fourth-order valence-corrected chi connectivity index (χ4v) is 2.60. The second kappa shape index (κ2) is 6.76. The molecule has 0 fully saturated rings. The van der Waals surface area contributed by atoms with Crippen LogP contribution in [0, 0.1) is 0 Å². The van der Waals surface area contributed by atoms with Gasteiger partial charge in [-0.25, -0.2) is 4.79 Å². The van der Waals surface area contributed by atoms with Crippen molar-refractivity contribution < 1.29 is 13.9 Å². The van der Waals surface area contributed by atoms with Gasteiger partial charge < -0.3 is 14.5 Å². The minimum atomic E-state index is -0.594. The fraction of sp³-hybridized carbons (Fsp3) is 0.111. The van der Waals surface area contributed by atoms with E-state index in [0.717, 1.165) is 5.56 Å². The lowest BCUT2D eigenvalue weighted by molar-refractivity contribution is 0.0952. The van der Waals surface area contributed by atoms with Crippen molar-refractivity contribution in [2.75, 3.05) is 7.11 Å². The first kappa shape index (κ1) is 16.1. The van der Waals surface area contributed by atoms with Crippen LogP contribution in [0.3, 0.4) is 0 Å². The Balaban J connectivity index is 1.90. The molecule has 1 N–H and O–H groups in total. The molecule has 122 valence electrons. The van der Waals surface area contributed by atoms with E-state index in [0.29, 0.717) is 28.3 Å². The van der Waals surface area contributed by atoms with Crippen LogP contribution in [0.5, 0.6) is 5.75 Å². The Morgan fingerprint density at radius 3 is 2.79 bits per heavy atom. The highest BCUT2D eigenvalue weighted by Gasteiger charge is 2.13. The van der Waals surface area contributed by atoms with E-state index in [1.807, 2.05) is 12.1 Å². The van der Waals surface area contributed by atoms with Crippen LogP contribution in [0.1, 0.15) is 15.9 Å². The predicted octanol–water partition coefficient (Wildman–Crippen LogP) is 3.39. The van der Waals surface area contributed by atoms with Crippen molar-refractivity contribution in [2.45, 2.75) is 6.54 Å². The third-order valence-electron chi connectivity index (χ3n) is 3.54. The molecule has 0 radical (unpaired) electrons. The quantitative estimate of drug-likeness (QED) is 0.737. The van der Waals surface area contributed by atoms with Gasteiger partial charge in [-0.3, -0.25) is 4.79 Å². The summed E-state index contributed by atoms with van der Waals surface area (Å²) in [6.45, 7) is 0.303. The second-order valence-corrected chi connectivity index (χ2v) is 5.59. The molecule has 24 heavy (non-hydrogen) atoms. The van der Waals surface area contributed by atoms with Crippen molar-refractivity contribution in [1.82, 2.24) is 5.32 Å². The van der Waals surface area contributed by atoms with E-state index in [-0.39, 0.29) is 11.5 Å². The van der Waals surface area contributed by atoms with Gasteiger partial charge in [-0.2, -0.15) is 0 Å². The predicted molar refractivity (Wildman–Crippen MR) is 91.7 cm³/mol. The van der Waals surface area contributed by atoms with E-state index < -0.39 is 5.63 Å². The fourth-order valence-electron chi connectivity index (χ4n) is 2.38. The normalized spacial score (nSPS) is 10.6.